The Kier molecular flexibility index (Phi) is 8.26. The number of carbonyl (C=O) groups is 1. The lowest BCUT2D eigenvalue weighted by Gasteiger charge is -2.25. The van der Waals surface area contributed by atoms with Gasteiger partial charge < -0.3 is 14.8 Å². The number of rotatable bonds is 10. The molecule has 1 aromatic heterocycles. The molecule has 6 nitrogen and oxygen atoms in total. The zero-order valence-electron chi connectivity index (χ0n) is 17.6. The number of ether oxygens (including phenoxy) is 2. The number of anilines is 1. The Morgan fingerprint density at radius 3 is 2.39 bits per heavy atom. The molecule has 2 aromatic rings. The van der Waals surface area contributed by atoms with Crippen LogP contribution in [0.25, 0.3) is 11.3 Å². The Balaban J connectivity index is 2.06. The highest BCUT2D eigenvalue weighted by molar-refractivity contribution is 7.14. The van der Waals surface area contributed by atoms with Gasteiger partial charge in [0, 0.05) is 30.1 Å². The standard InChI is InChI=1S/C21H31N3O3S/c1-14(2)10-24(11-15(3)4)12-20(25)23-21-22-18(13-28-21)17-8-7-16(26-5)9-19(17)27-6/h7-9,13-15H,10-12H2,1-6H3,(H,22,23,25). The van der Waals surface area contributed by atoms with Crippen molar-refractivity contribution in [2.24, 2.45) is 11.8 Å². The van der Waals surface area contributed by atoms with Gasteiger partial charge in [-0.1, -0.05) is 27.7 Å². The molecule has 0 aliphatic rings. The third-order valence-corrected chi connectivity index (χ3v) is 4.81. The molecule has 1 amide bonds. The minimum absolute atomic E-state index is 0.0381. The van der Waals surface area contributed by atoms with Gasteiger partial charge in [0.15, 0.2) is 5.13 Å². The molecule has 0 aliphatic carbocycles. The summed E-state index contributed by atoms with van der Waals surface area (Å²) in [7, 11) is 3.23. The first-order valence-corrected chi connectivity index (χ1v) is 10.4. The summed E-state index contributed by atoms with van der Waals surface area (Å²) in [6.45, 7) is 10.8. The van der Waals surface area contributed by atoms with E-state index in [2.05, 4.69) is 42.9 Å². The molecule has 0 aliphatic heterocycles. The minimum atomic E-state index is -0.0381. The Morgan fingerprint density at radius 1 is 1.14 bits per heavy atom. The third-order valence-electron chi connectivity index (χ3n) is 4.05. The molecule has 0 atom stereocenters. The number of methoxy groups -OCH3 is 2. The Labute approximate surface area is 171 Å². The highest BCUT2D eigenvalue weighted by Crippen LogP contribution is 2.34. The Morgan fingerprint density at radius 2 is 1.82 bits per heavy atom. The highest BCUT2D eigenvalue weighted by atomic mass is 32.1. The van der Waals surface area contributed by atoms with E-state index in [0.717, 1.165) is 30.1 Å². The van der Waals surface area contributed by atoms with Crippen LogP contribution < -0.4 is 14.8 Å². The average Bonchev–Trinajstić information content (AvgIpc) is 3.07. The molecule has 1 heterocycles. The van der Waals surface area contributed by atoms with Gasteiger partial charge in [-0.2, -0.15) is 0 Å². The normalized spacial score (nSPS) is 11.3. The molecule has 0 fully saturated rings. The number of amides is 1. The maximum Gasteiger partial charge on any atom is 0.240 e. The van der Waals surface area contributed by atoms with Crippen molar-refractivity contribution in [1.82, 2.24) is 9.88 Å². The number of hydrogen-bond acceptors (Lipinski definition) is 6. The quantitative estimate of drug-likeness (QED) is 0.635. The fourth-order valence-corrected chi connectivity index (χ4v) is 3.79. The molecule has 0 spiro atoms. The van der Waals surface area contributed by atoms with E-state index in [9.17, 15) is 4.79 Å². The molecule has 0 radical (unpaired) electrons. The molecule has 154 valence electrons. The first-order chi connectivity index (χ1) is 13.3. The highest BCUT2D eigenvalue weighted by Gasteiger charge is 2.16. The molecule has 28 heavy (non-hydrogen) atoms. The van der Waals surface area contributed by atoms with E-state index in [-0.39, 0.29) is 5.91 Å². The van der Waals surface area contributed by atoms with Gasteiger partial charge >= 0.3 is 0 Å². The minimum Gasteiger partial charge on any atom is -0.497 e. The number of nitrogens with zero attached hydrogens (tertiary/aromatic N) is 2. The first-order valence-electron chi connectivity index (χ1n) is 9.52. The maximum atomic E-state index is 12.5. The molecule has 7 heteroatoms. The van der Waals surface area contributed by atoms with Crippen molar-refractivity contribution in [3.05, 3.63) is 23.6 Å². The molecule has 0 unspecified atom stereocenters. The Bertz CT molecular complexity index is 764. The van der Waals surface area contributed by atoms with E-state index in [4.69, 9.17) is 9.47 Å². The van der Waals surface area contributed by atoms with Crippen molar-refractivity contribution in [2.75, 3.05) is 39.2 Å². The number of aromatic nitrogens is 1. The zero-order chi connectivity index (χ0) is 20.7. The van der Waals surface area contributed by atoms with E-state index < -0.39 is 0 Å². The average molecular weight is 406 g/mol. The van der Waals surface area contributed by atoms with Crippen molar-refractivity contribution < 1.29 is 14.3 Å². The number of nitrogens with one attached hydrogen (secondary N) is 1. The van der Waals surface area contributed by atoms with Crippen LogP contribution in [0.15, 0.2) is 23.6 Å². The predicted molar refractivity (Wildman–Crippen MR) is 115 cm³/mol. The van der Waals surface area contributed by atoms with Crippen molar-refractivity contribution >= 4 is 22.4 Å². The summed E-state index contributed by atoms with van der Waals surface area (Å²) < 4.78 is 10.7. The van der Waals surface area contributed by atoms with E-state index in [1.807, 2.05) is 23.6 Å². The van der Waals surface area contributed by atoms with Crippen LogP contribution >= 0.6 is 11.3 Å². The molecule has 0 bridgehead atoms. The predicted octanol–water partition coefficient (Wildman–Crippen LogP) is 4.38. The second-order valence-corrected chi connectivity index (χ2v) is 8.49. The fourth-order valence-electron chi connectivity index (χ4n) is 3.06. The zero-order valence-corrected chi connectivity index (χ0v) is 18.4. The largest absolute Gasteiger partial charge is 0.497 e. The summed E-state index contributed by atoms with van der Waals surface area (Å²) >= 11 is 1.41. The van der Waals surface area contributed by atoms with E-state index in [1.54, 1.807) is 14.2 Å². The summed E-state index contributed by atoms with van der Waals surface area (Å²) in [5.74, 6) is 2.40. The second kappa shape index (κ2) is 10.4. The number of thiazole rings is 1. The van der Waals surface area contributed by atoms with Gasteiger partial charge in [-0.3, -0.25) is 9.69 Å². The van der Waals surface area contributed by atoms with Gasteiger partial charge in [-0.15, -0.1) is 11.3 Å². The number of benzene rings is 1. The van der Waals surface area contributed by atoms with Crippen LogP contribution in [0, 0.1) is 11.8 Å². The molecular formula is C21H31N3O3S. The van der Waals surface area contributed by atoms with E-state index >= 15 is 0 Å². The van der Waals surface area contributed by atoms with Crippen LogP contribution in [-0.2, 0) is 4.79 Å². The first kappa shape index (κ1) is 22.2. The van der Waals surface area contributed by atoms with Crippen LogP contribution in [0.3, 0.4) is 0 Å². The smallest absolute Gasteiger partial charge is 0.240 e. The van der Waals surface area contributed by atoms with Crippen LogP contribution in [0.1, 0.15) is 27.7 Å². The lowest BCUT2D eigenvalue weighted by Crippen LogP contribution is -2.38. The van der Waals surface area contributed by atoms with Gasteiger partial charge in [0.1, 0.15) is 11.5 Å². The van der Waals surface area contributed by atoms with Crippen LogP contribution in [0.2, 0.25) is 0 Å². The van der Waals surface area contributed by atoms with Gasteiger partial charge in [0.2, 0.25) is 5.91 Å². The van der Waals surface area contributed by atoms with Crippen molar-refractivity contribution in [3.8, 4) is 22.8 Å². The summed E-state index contributed by atoms with van der Waals surface area (Å²) in [6, 6.07) is 5.60. The third kappa shape index (κ3) is 6.49. The number of hydrogen-bond donors (Lipinski definition) is 1. The molecule has 0 saturated carbocycles. The van der Waals surface area contributed by atoms with Gasteiger partial charge in [0.25, 0.3) is 0 Å². The fraction of sp³-hybridized carbons (Fsp3) is 0.524. The van der Waals surface area contributed by atoms with E-state index in [0.29, 0.717) is 29.3 Å². The summed E-state index contributed by atoms with van der Waals surface area (Å²) in [4.78, 5) is 19.3. The molecular weight excluding hydrogens is 374 g/mol. The summed E-state index contributed by atoms with van der Waals surface area (Å²) in [5, 5.41) is 5.44. The molecule has 1 N–H and O–H groups in total. The van der Waals surface area contributed by atoms with Gasteiger partial charge in [0.05, 0.1) is 26.5 Å². The van der Waals surface area contributed by atoms with E-state index in [1.165, 1.54) is 11.3 Å². The molecule has 1 aromatic carbocycles. The topological polar surface area (TPSA) is 63.7 Å². The monoisotopic (exact) mass is 405 g/mol. The Hall–Kier alpha value is -2.12. The van der Waals surface area contributed by atoms with Gasteiger partial charge in [-0.05, 0) is 24.0 Å². The molecule has 0 saturated heterocycles. The van der Waals surface area contributed by atoms with Crippen LogP contribution in [-0.4, -0.2) is 49.6 Å². The van der Waals surface area contributed by atoms with Crippen molar-refractivity contribution in [3.63, 3.8) is 0 Å². The van der Waals surface area contributed by atoms with Crippen molar-refractivity contribution in [1.29, 1.82) is 0 Å². The van der Waals surface area contributed by atoms with Crippen molar-refractivity contribution in [2.45, 2.75) is 27.7 Å². The summed E-state index contributed by atoms with van der Waals surface area (Å²) in [6.07, 6.45) is 0. The van der Waals surface area contributed by atoms with Crippen LogP contribution in [0.5, 0.6) is 11.5 Å². The second-order valence-electron chi connectivity index (χ2n) is 7.63. The number of carbonyl (C=O) groups excluding carboxylic acids is 1. The maximum absolute atomic E-state index is 12.5. The summed E-state index contributed by atoms with van der Waals surface area (Å²) in [5.41, 5.74) is 1.63. The lowest BCUT2D eigenvalue weighted by molar-refractivity contribution is -0.117. The van der Waals surface area contributed by atoms with Gasteiger partial charge in [-0.25, -0.2) is 4.98 Å². The SMILES string of the molecule is COc1ccc(-c2csc(NC(=O)CN(CC(C)C)CC(C)C)n2)c(OC)c1. The van der Waals surface area contributed by atoms with Crippen LogP contribution in [0.4, 0.5) is 5.13 Å². The lowest BCUT2D eigenvalue weighted by atomic mass is 10.1. The molecule has 2 rings (SSSR count).